The summed E-state index contributed by atoms with van der Waals surface area (Å²) in [7, 11) is 0. The third-order valence-corrected chi connectivity index (χ3v) is 6.46. The van der Waals surface area contributed by atoms with E-state index < -0.39 is 0 Å². The van der Waals surface area contributed by atoms with E-state index in [9.17, 15) is 4.79 Å². The normalized spacial score (nSPS) is 39.0. The molecule has 2 nitrogen and oxygen atoms in total. The molecule has 0 amide bonds. The average molecular weight is 269 g/mol. The average Bonchev–Trinajstić information content (AvgIpc) is 2.74. The zero-order valence-electron chi connectivity index (χ0n) is 12.2. The van der Waals surface area contributed by atoms with E-state index in [1.54, 1.807) is 0 Å². The van der Waals surface area contributed by atoms with Crippen molar-refractivity contribution in [2.45, 2.75) is 51.4 Å². The van der Waals surface area contributed by atoms with Gasteiger partial charge in [0.2, 0.25) is 0 Å². The Kier molecular flexibility index (Phi) is 2.55. The molecule has 20 heavy (non-hydrogen) atoms. The van der Waals surface area contributed by atoms with E-state index in [-0.39, 0.29) is 5.41 Å². The van der Waals surface area contributed by atoms with Crippen molar-refractivity contribution in [1.82, 2.24) is 0 Å². The van der Waals surface area contributed by atoms with Crippen molar-refractivity contribution >= 4 is 11.5 Å². The fourth-order valence-electron chi connectivity index (χ4n) is 5.37. The first-order valence-corrected chi connectivity index (χ1v) is 8.01. The highest BCUT2D eigenvalue weighted by molar-refractivity contribution is 5.87. The Bertz CT molecular complexity index is 579. The Balaban J connectivity index is 1.73. The van der Waals surface area contributed by atoms with Crippen molar-refractivity contribution in [3.8, 4) is 0 Å². The van der Waals surface area contributed by atoms with Gasteiger partial charge in [-0.1, -0.05) is 13.0 Å². The Hall–Kier alpha value is -1.31. The highest BCUT2D eigenvalue weighted by atomic mass is 16.1. The van der Waals surface area contributed by atoms with Gasteiger partial charge in [-0.3, -0.25) is 4.79 Å². The van der Waals surface area contributed by atoms with Crippen LogP contribution in [-0.4, -0.2) is 5.78 Å². The van der Waals surface area contributed by atoms with Crippen molar-refractivity contribution in [3.05, 3.63) is 29.3 Å². The van der Waals surface area contributed by atoms with E-state index in [1.807, 2.05) is 0 Å². The van der Waals surface area contributed by atoms with E-state index in [2.05, 4.69) is 25.1 Å². The van der Waals surface area contributed by atoms with Crippen LogP contribution in [0.4, 0.5) is 5.69 Å². The minimum atomic E-state index is -0.00746. The number of Topliss-reactive ketones (excluding diaryl/α,β-unsaturated/α-hetero) is 1. The van der Waals surface area contributed by atoms with Crippen molar-refractivity contribution in [2.75, 3.05) is 5.73 Å². The molecule has 0 aliphatic heterocycles. The van der Waals surface area contributed by atoms with Crippen LogP contribution < -0.4 is 5.73 Å². The number of nitrogen functional groups attached to an aromatic ring is 1. The molecule has 0 aromatic heterocycles. The molecular weight excluding hydrogens is 246 g/mol. The van der Waals surface area contributed by atoms with Crippen LogP contribution in [0.5, 0.6) is 0 Å². The maximum Gasteiger partial charge on any atom is 0.139 e. The summed E-state index contributed by atoms with van der Waals surface area (Å²) in [6.45, 7) is 2.24. The van der Waals surface area contributed by atoms with Gasteiger partial charge in [0.25, 0.3) is 0 Å². The van der Waals surface area contributed by atoms with Crippen molar-refractivity contribution < 1.29 is 4.79 Å². The lowest BCUT2D eigenvalue weighted by Gasteiger charge is -2.48. The number of anilines is 1. The molecular formula is C18H23NO. The first-order valence-electron chi connectivity index (χ1n) is 8.01. The molecule has 0 bridgehead atoms. The van der Waals surface area contributed by atoms with Crippen molar-refractivity contribution in [2.24, 2.45) is 17.3 Å². The molecule has 0 radical (unpaired) electrons. The zero-order valence-corrected chi connectivity index (χ0v) is 12.2. The molecule has 3 aliphatic rings. The van der Waals surface area contributed by atoms with Gasteiger partial charge in [0, 0.05) is 17.5 Å². The summed E-state index contributed by atoms with van der Waals surface area (Å²) in [5, 5.41) is 0. The van der Waals surface area contributed by atoms with Gasteiger partial charge in [-0.2, -0.15) is 0 Å². The number of hydrogen-bond donors (Lipinski definition) is 1. The second-order valence-corrected chi connectivity index (χ2v) is 7.29. The molecule has 4 rings (SSSR count). The minimum absolute atomic E-state index is 0.00746. The predicted molar refractivity (Wildman–Crippen MR) is 80.5 cm³/mol. The minimum Gasteiger partial charge on any atom is -0.399 e. The number of rotatable bonds is 0. The van der Waals surface area contributed by atoms with Gasteiger partial charge in [-0.15, -0.1) is 0 Å². The van der Waals surface area contributed by atoms with Crippen LogP contribution >= 0.6 is 0 Å². The molecule has 3 unspecified atom stereocenters. The second kappa shape index (κ2) is 4.09. The fraction of sp³-hybridized carbons (Fsp3) is 0.611. The van der Waals surface area contributed by atoms with Gasteiger partial charge in [0.05, 0.1) is 0 Å². The Labute approximate surface area is 120 Å². The molecule has 0 heterocycles. The standard InChI is InChI=1S/C18H23NO/c1-18-9-8-14-13-5-3-12(19)10-11(13)2-4-15(14)16(18)6-7-17(18)20/h3,5,10,14-16H,2,4,6-9,19H2,1H3/t14?,15?,16?,18-/m0/s1. The van der Waals surface area contributed by atoms with Gasteiger partial charge >= 0.3 is 0 Å². The summed E-state index contributed by atoms with van der Waals surface area (Å²) in [4.78, 5) is 12.3. The van der Waals surface area contributed by atoms with E-state index >= 15 is 0 Å². The van der Waals surface area contributed by atoms with Crippen LogP contribution in [0.1, 0.15) is 56.1 Å². The van der Waals surface area contributed by atoms with Gasteiger partial charge in [0.15, 0.2) is 0 Å². The summed E-state index contributed by atoms with van der Waals surface area (Å²) in [5.41, 5.74) is 9.79. The predicted octanol–water partition coefficient (Wildman–Crippen LogP) is 3.69. The lowest BCUT2D eigenvalue weighted by atomic mass is 9.55. The summed E-state index contributed by atoms with van der Waals surface area (Å²) in [5.74, 6) is 2.54. The molecule has 4 atom stereocenters. The lowest BCUT2D eigenvalue weighted by molar-refractivity contribution is -0.129. The Morgan fingerprint density at radius 2 is 2.05 bits per heavy atom. The highest BCUT2D eigenvalue weighted by Crippen LogP contribution is 2.59. The SMILES string of the molecule is C[C@]12CCC3c4ccc(N)cc4CCC3C1CCC2=O. The number of carbonyl (C=O) groups excluding carboxylic acids is 1. The number of ketones is 1. The van der Waals surface area contributed by atoms with Gasteiger partial charge in [-0.05, 0) is 73.1 Å². The lowest BCUT2D eigenvalue weighted by Crippen LogP contribution is -2.42. The number of carbonyl (C=O) groups is 1. The first-order chi connectivity index (χ1) is 9.59. The quantitative estimate of drug-likeness (QED) is 0.730. The van der Waals surface area contributed by atoms with Gasteiger partial charge in [0.1, 0.15) is 5.78 Å². The second-order valence-electron chi connectivity index (χ2n) is 7.29. The Morgan fingerprint density at radius 1 is 1.20 bits per heavy atom. The third-order valence-electron chi connectivity index (χ3n) is 6.46. The number of hydrogen-bond acceptors (Lipinski definition) is 2. The number of benzene rings is 1. The van der Waals surface area contributed by atoms with E-state index in [1.165, 1.54) is 24.0 Å². The number of fused-ring (bicyclic) bond motifs is 5. The molecule has 1 aromatic carbocycles. The first kappa shape index (κ1) is 12.4. The number of nitrogens with two attached hydrogens (primary N) is 1. The van der Waals surface area contributed by atoms with Crippen molar-refractivity contribution in [1.29, 1.82) is 0 Å². The maximum atomic E-state index is 12.3. The van der Waals surface area contributed by atoms with Crippen LogP contribution in [0.3, 0.4) is 0 Å². The van der Waals surface area contributed by atoms with Crippen LogP contribution in [0, 0.1) is 17.3 Å². The smallest absolute Gasteiger partial charge is 0.139 e. The molecule has 2 heteroatoms. The van der Waals surface area contributed by atoms with Crippen LogP contribution in [0.2, 0.25) is 0 Å². The topological polar surface area (TPSA) is 43.1 Å². The molecule has 2 N–H and O–H groups in total. The largest absolute Gasteiger partial charge is 0.399 e. The monoisotopic (exact) mass is 269 g/mol. The van der Waals surface area contributed by atoms with Crippen LogP contribution in [-0.2, 0) is 11.2 Å². The number of aryl methyl sites for hydroxylation is 1. The molecule has 0 spiro atoms. The third kappa shape index (κ3) is 1.54. The van der Waals surface area contributed by atoms with Gasteiger partial charge < -0.3 is 5.73 Å². The summed E-state index contributed by atoms with van der Waals surface area (Å²) in [6.07, 6.45) is 6.60. The summed E-state index contributed by atoms with van der Waals surface area (Å²) < 4.78 is 0. The van der Waals surface area contributed by atoms with E-state index in [0.717, 1.165) is 37.3 Å². The molecule has 106 valence electrons. The van der Waals surface area contributed by atoms with E-state index in [0.29, 0.717) is 17.6 Å². The van der Waals surface area contributed by atoms with Crippen molar-refractivity contribution in [3.63, 3.8) is 0 Å². The molecule has 2 saturated carbocycles. The van der Waals surface area contributed by atoms with Crippen LogP contribution in [0.25, 0.3) is 0 Å². The highest BCUT2D eigenvalue weighted by Gasteiger charge is 2.54. The zero-order chi connectivity index (χ0) is 13.9. The van der Waals surface area contributed by atoms with Gasteiger partial charge in [-0.25, -0.2) is 0 Å². The summed E-state index contributed by atoms with van der Waals surface area (Å²) >= 11 is 0. The Morgan fingerprint density at radius 3 is 2.90 bits per heavy atom. The molecule has 0 saturated heterocycles. The fourth-order valence-corrected chi connectivity index (χ4v) is 5.37. The molecule has 2 fully saturated rings. The molecule has 3 aliphatic carbocycles. The maximum absolute atomic E-state index is 12.3. The molecule has 1 aromatic rings. The van der Waals surface area contributed by atoms with E-state index in [4.69, 9.17) is 5.73 Å². The summed E-state index contributed by atoms with van der Waals surface area (Å²) in [6, 6.07) is 6.47. The van der Waals surface area contributed by atoms with Crippen LogP contribution in [0.15, 0.2) is 18.2 Å².